The van der Waals surface area contributed by atoms with Crippen LogP contribution in [0.25, 0.3) is 0 Å². The normalized spacial score (nSPS) is 21.8. The number of carbonyl (C=O) groups is 3. The molecule has 2 aromatic rings. The molecule has 2 aliphatic heterocycles. The van der Waals surface area contributed by atoms with E-state index in [1.807, 2.05) is 59.8 Å². The molecule has 36 heavy (non-hydrogen) atoms. The number of carbonyl (C=O) groups excluding carboxylic acids is 3. The van der Waals surface area contributed by atoms with Crippen LogP contribution in [-0.4, -0.2) is 83.0 Å². The van der Waals surface area contributed by atoms with Crippen LogP contribution in [0.4, 0.5) is 0 Å². The number of benzene rings is 1. The number of methoxy groups -OCH3 is 1. The van der Waals surface area contributed by atoms with Crippen LogP contribution in [0, 0.1) is 12.8 Å². The minimum atomic E-state index is -0.347. The lowest BCUT2D eigenvalue weighted by molar-refractivity contribution is -0.139. The third-order valence-corrected chi connectivity index (χ3v) is 7.59. The van der Waals surface area contributed by atoms with Crippen molar-refractivity contribution in [2.75, 3.05) is 39.9 Å². The van der Waals surface area contributed by atoms with Gasteiger partial charge in [0.2, 0.25) is 17.7 Å². The first kappa shape index (κ1) is 25.9. The van der Waals surface area contributed by atoms with E-state index < -0.39 is 0 Å². The topological polar surface area (TPSA) is 96.8 Å². The summed E-state index contributed by atoms with van der Waals surface area (Å²) in [5, 5.41) is 3.25. The van der Waals surface area contributed by atoms with Gasteiger partial charge < -0.3 is 24.4 Å². The first-order chi connectivity index (χ1) is 17.4. The molecule has 2 aliphatic rings. The van der Waals surface area contributed by atoms with Gasteiger partial charge in [-0.2, -0.15) is 0 Å². The highest BCUT2D eigenvalue weighted by atomic mass is 16.5. The summed E-state index contributed by atoms with van der Waals surface area (Å²) in [6.45, 7) is 6.17. The molecule has 2 fully saturated rings. The molecule has 3 atom stereocenters. The lowest BCUT2D eigenvalue weighted by Gasteiger charge is -2.40. The maximum Gasteiger partial charge on any atom is 0.248 e. The minimum absolute atomic E-state index is 0.0106. The summed E-state index contributed by atoms with van der Waals surface area (Å²) < 4.78 is 6.85. The van der Waals surface area contributed by atoms with Crippen molar-refractivity contribution in [3.8, 4) is 0 Å². The highest BCUT2D eigenvalue weighted by molar-refractivity contribution is 5.83. The van der Waals surface area contributed by atoms with Crippen LogP contribution in [0.3, 0.4) is 0 Å². The first-order valence-corrected chi connectivity index (χ1v) is 12.8. The van der Waals surface area contributed by atoms with Gasteiger partial charge in [-0.1, -0.05) is 30.3 Å². The Morgan fingerprint density at radius 2 is 1.78 bits per heavy atom. The molecule has 1 aromatic heterocycles. The van der Waals surface area contributed by atoms with Crippen LogP contribution < -0.4 is 5.32 Å². The molecule has 3 heterocycles. The van der Waals surface area contributed by atoms with Gasteiger partial charge >= 0.3 is 0 Å². The zero-order valence-electron chi connectivity index (χ0n) is 21.4. The van der Waals surface area contributed by atoms with E-state index in [4.69, 9.17) is 4.74 Å². The molecular weight excluding hydrogens is 458 g/mol. The first-order valence-electron chi connectivity index (χ1n) is 12.8. The molecule has 1 aromatic carbocycles. The fourth-order valence-electron chi connectivity index (χ4n) is 5.48. The van der Waals surface area contributed by atoms with Gasteiger partial charge in [-0.15, -0.1) is 0 Å². The van der Waals surface area contributed by atoms with E-state index in [1.165, 1.54) is 7.11 Å². The lowest BCUT2D eigenvalue weighted by Crippen LogP contribution is -2.52. The second-order valence-corrected chi connectivity index (χ2v) is 9.85. The lowest BCUT2D eigenvalue weighted by atomic mass is 9.79. The quantitative estimate of drug-likeness (QED) is 0.635. The fourth-order valence-corrected chi connectivity index (χ4v) is 5.48. The summed E-state index contributed by atoms with van der Waals surface area (Å²) in [4.78, 5) is 46.9. The third-order valence-electron chi connectivity index (χ3n) is 7.59. The number of hydrogen-bond acceptors (Lipinski definition) is 5. The SMILES string of the molecule is COCC(=O)N1CCC(NC(=O)[C@@H]2CCN(C(=O)C(C)n3ccnc3C)C[C@H]2c2ccccc2)CC1. The Kier molecular flexibility index (Phi) is 8.40. The molecule has 0 bridgehead atoms. The van der Waals surface area contributed by atoms with Gasteiger partial charge in [-0.05, 0) is 38.7 Å². The maximum absolute atomic E-state index is 13.5. The number of imidazole rings is 1. The Morgan fingerprint density at radius 3 is 2.42 bits per heavy atom. The number of piperidine rings is 2. The van der Waals surface area contributed by atoms with E-state index in [0.29, 0.717) is 32.6 Å². The predicted octanol–water partition coefficient (Wildman–Crippen LogP) is 2.14. The number of aryl methyl sites for hydroxylation is 1. The maximum atomic E-state index is 13.5. The van der Waals surface area contributed by atoms with Crippen molar-refractivity contribution in [1.29, 1.82) is 0 Å². The molecule has 2 saturated heterocycles. The van der Waals surface area contributed by atoms with Crippen LogP contribution in [-0.2, 0) is 19.1 Å². The van der Waals surface area contributed by atoms with E-state index in [-0.39, 0.29) is 48.2 Å². The zero-order valence-corrected chi connectivity index (χ0v) is 21.4. The Bertz CT molecular complexity index is 1050. The zero-order chi connectivity index (χ0) is 25.7. The van der Waals surface area contributed by atoms with Crippen LogP contribution in [0.2, 0.25) is 0 Å². The fraction of sp³-hybridized carbons (Fsp3) is 0.556. The molecule has 9 heteroatoms. The number of likely N-dealkylation sites (tertiary alicyclic amines) is 2. The van der Waals surface area contributed by atoms with E-state index in [0.717, 1.165) is 24.2 Å². The molecule has 3 amide bonds. The van der Waals surface area contributed by atoms with Crippen LogP contribution >= 0.6 is 0 Å². The summed E-state index contributed by atoms with van der Waals surface area (Å²) in [6, 6.07) is 9.71. The Hall–Kier alpha value is -3.20. The van der Waals surface area contributed by atoms with E-state index in [2.05, 4.69) is 10.3 Å². The monoisotopic (exact) mass is 495 g/mol. The van der Waals surface area contributed by atoms with E-state index >= 15 is 0 Å². The Morgan fingerprint density at radius 1 is 1.08 bits per heavy atom. The molecular formula is C27H37N5O4. The second kappa shape index (κ2) is 11.7. The number of nitrogens with zero attached hydrogens (tertiary/aromatic N) is 4. The molecule has 1 unspecified atom stereocenters. The average molecular weight is 496 g/mol. The molecule has 0 spiro atoms. The van der Waals surface area contributed by atoms with Crippen molar-refractivity contribution >= 4 is 17.7 Å². The summed E-state index contributed by atoms with van der Waals surface area (Å²) in [6.07, 6.45) is 5.62. The Labute approximate surface area is 212 Å². The van der Waals surface area contributed by atoms with Crippen molar-refractivity contribution in [2.45, 2.75) is 51.1 Å². The van der Waals surface area contributed by atoms with Crippen molar-refractivity contribution in [3.05, 3.63) is 54.1 Å². The van der Waals surface area contributed by atoms with Gasteiger partial charge in [0.1, 0.15) is 18.5 Å². The molecule has 9 nitrogen and oxygen atoms in total. The number of nitrogens with one attached hydrogen (secondary N) is 1. The number of ether oxygens (including phenoxy) is 1. The van der Waals surface area contributed by atoms with Crippen molar-refractivity contribution < 1.29 is 19.1 Å². The molecule has 0 saturated carbocycles. The number of hydrogen-bond donors (Lipinski definition) is 1. The summed E-state index contributed by atoms with van der Waals surface area (Å²) in [5.41, 5.74) is 1.07. The van der Waals surface area contributed by atoms with Crippen LogP contribution in [0.5, 0.6) is 0 Å². The van der Waals surface area contributed by atoms with Gasteiger partial charge in [0.15, 0.2) is 0 Å². The Balaban J connectivity index is 1.42. The molecule has 4 rings (SSSR count). The average Bonchev–Trinajstić information content (AvgIpc) is 3.34. The van der Waals surface area contributed by atoms with Gasteiger partial charge in [-0.3, -0.25) is 14.4 Å². The largest absolute Gasteiger partial charge is 0.375 e. The van der Waals surface area contributed by atoms with Gasteiger partial charge in [-0.25, -0.2) is 4.98 Å². The summed E-state index contributed by atoms with van der Waals surface area (Å²) >= 11 is 0. The highest BCUT2D eigenvalue weighted by Crippen LogP contribution is 2.34. The van der Waals surface area contributed by atoms with Crippen molar-refractivity contribution in [1.82, 2.24) is 24.7 Å². The standard InChI is InChI=1S/C27H37N5O4/c1-19(32-16-12-28-20(32)2)27(35)31-15-11-23(24(17-31)21-7-5-4-6-8-21)26(34)29-22-9-13-30(14-10-22)25(33)18-36-3/h4-8,12,16,19,22-24H,9-11,13-15,17-18H2,1-3H3,(H,29,34)/t19?,23-,24+/m1/s1. The number of amides is 3. The highest BCUT2D eigenvalue weighted by Gasteiger charge is 2.38. The third kappa shape index (κ3) is 5.78. The molecule has 194 valence electrons. The summed E-state index contributed by atoms with van der Waals surface area (Å²) in [7, 11) is 1.52. The van der Waals surface area contributed by atoms with Crippen LogP contribution in [0.15, 0.2) is 42.7 Å². The van der Waals surface area contributed by atoms with E-state index in [1.54, 1.807) is 11.1 Å². The smallest absolute Gasteiger partial charge is 0.248 e. The number of rotatable bonds is 7. The molecule has 0 aliphatic carbocycles. The predicted molar refractivity (Wildman–Crippen MR) is 135 cm³/mol. The van der Waals surface area contributed by atoms with Crippen LogP contribution in [0.1, 0.15) is 49.5 Å². The second-order valence-electron chi connectivity index (χ2n) is 9.85. The van der Waals surface area contributed by atoms with Crippen molar-refractivity contribution in [3.63, 3.8) is 0 Å². The molecule has 0 radical (unpaired) electrons. The van der Waals surface area contributed by atoms with Crippen molar-refractivity contribution in [2.24, 2.45) is 5.92 Å². The molecule has 1 N–H and O–H groups in total. The summed E-state index contributed by atoms with van der Waals surface area (Å²) in [5.74, 6) is 0.585. The van der Waals surface area contributed by atoms with Gasteiger partial charge in [0.05, 0.1) is 0 Å². The minimum Gasteiger partial charge on any atom is -0.375 e. The van der Waals surface area contributed by atoms with Gasteiger partial charge in [0, 0.05) is 63.6 Å². The number of aromatic nitrogens is 2. The van der Waals surface area contributed by atoms with Gasteiger partial charge in [0.25, 0.3) is 0 Å². The van der Waals surface area contributed by atoms with E-state index in [9.17, 15) is 14.4 Å².